The van der Waals surface area contributed by atoms with E-state index in [-0.39, 0.29) is 51.9 Å². The summed E-state index contributed by atoms with van der Waals surface area (Å²) in [7, 11) is 0. The number of nitrogens with one attached hydrogen (secondary N) is 7. The smallest absolute Gasteiger partial charge is 0.408 e. The first-order chi connectivity index (χ1) is 34.9. The van der Waals surface area contributed by atoms with E-state index in [4.69, 9.17) is 48.4 Å². The number of nitrogens with two attached hydrogens (primary N) is 1. The molecule has 13 N–H and O–H groups in total. The van der Waals surface area contributed by atoms with Gasteiger partial charge in [0.25, 0.3) is 0 Å². The molecule has 3 aliphatic rings. The maximum Gasteiger partial charge on any atom is 0.408 e. The van der Waals surface area contributed by atoms with E-state index in [0.29, 0.717) is 0 Å². The molecule has 27 heteroatoms. The number of carbonyl (C=O) groups excluding carboxylic acids is 6. The van der Waals surface area contributed by atoms with Gasteiger partial charge in [0.2, 0.25) is 5.91 Å². The van der Waals surface area contributed by atoms with Gasteiger partial charge < -0.3 is 106 Å². The summed E-state index contributed by atoms with van der Waals surface area (Å²) in [6.07, 6.45) is -17.9. The van der Waals surface area contributed by atoms with E-state index >= 15 is 0 Å². The summed E-state index contributed by atoms with van der Waals surface area (Å²) in [6, 6.07) is -6.24. The molecule has 3 rings (SSSR count). The predicted molar refractivity (Wildman–Crippen MR) is 271 cm³/mol. The number of alkyl carbamates (subject to hydrolysis) is 5. The lowest BCUT2D eigenvalue weighted by Crippen LogP contribution is -2.73. The third-order valence-corrected chi connectivity index (χ3v) is 11.1. The van der Waals surface area contributed by atoms with Crippen LogP contribution < -0.4 is 43.0 Å². The molecule has 2 aliphatic heterocycles. The molecule has 2 heterocycles. The summed E-state index contributed by atoms with van der Waals surface area (Å²) >= 11 is 0. The molecule has 0 aromatic heterocycles. The summed E-state index contributed by atoms with van der Waals surface area (Å²) in [5.41, 5.74) is 1.52. The van der Waals surface area contributed by atoms with E-state index in [1.807, 2.05) is 0 Å². The fourth-order valence-corrected chi connectivity index (χ4v) is 8.21. The fraction of sp³-hybridized carbons (Fsp3) is 0.878. The first-order valence-electron chi connectivity index (χ1n) is 25.8. The standard InChI is InChI=1S/C49H90N8O19/c1-45(2,3)72-40(63)52-20-18-29(59)37(62)54-27-22-28(56-43(66)75-48(10,11)12)36(70-38-26(55-42(65)74-47(7,8)9)17-16-25(68-38)23-53-41(64)73-46(4,5)6)32(51-21-19-50)35(27)71-39-34(61)31(33(60)30(24-58)69-39)57-44(67)76-49(13,14)15/h25-36,38-39,51,58-61H,16-24,50H2,1-15H3,(H,52,63)(H,53,64)(H,54,62)(H,55,65)(H,56,66)(H,57,67)/t25?,26?,27-,28+,29+,30?,31+,32?,33+,34?,35-,36?,38+,39+/m1/s1. The highest BCUT2D eigenvalue weighted by atomic mass is 16.7. The molecule has 2 saturated heterocycles. The van der Waals surface area contributed by atoms with Crippen molar-refractivity contribution in [1.82, 2.24) is 37.2 Å². The zero-order valence-electron chi connectivity index (χ0n) is 46.9. The van der Waals surface area contributed by atoms with E-state index in [1.165, 1.54) is 0 Å². The van der Waals surface area contributed by atoms with Gasteiger partial charge in [0.1, 0.15) is 52.4 Å². The zero-order valence-corrected chi connectivity index (χ0v) is 46.9. The minimum Gasteiger partial charge on any atom is -0.444 e. The number of amides is 6. The van der Waals surface area contributed by atoms with Crippen molar-refractivity contribution in [2.75, 3.05) is 32.8 Å². The van der Waals surface area contributed by atoms with Crippen LogP contribution in [0.1, 0.15) is 130 Å². The number of hydrogen-bond acceptors (Lipinski definition) is 21. The molecule has 6 amide bonds. The normalized spacial score (nSPS) is 28.9. The summed E-state index contributed by atoms with van der Waals surface area (Å²) < 4.78 is 53.4. The van der Waals surface area contributed by atoms with Crippen LogP contribution in [0.25, 0.3) is 0 Å². The molecule has 440 valence electrons. The molecule has 0 radical (unpaired) electrons. The summed E-state index contributed by atoms with van der Waals surface area (Å²) in [4.78, 5) is 79.6. The second-order valence-electron chi connectivity index (χ2n) is 24.0. The van der Waals surface area contributed by atoms with Crippen LogP contribution in [0.2, 0.25) is 0 Å². The lowest BCUT2D eigenvalue weighted by atomic mass is 9.81. The van der Waals surface area contributed by atoms with Crippen LogP contribution in [-0.4, -0.2) is 203 Å². The highest BCUT2D eigenvalue weighted by Gasteiger charge is 2.54. The molecule has 1 aliphatic carbocycles. The molecule has 3 fully saturated rings. The molecular formula is C49H90N8O19. The highest BCUT2D eigenvalue weighted by molar-refractivity contribution is 5.81. The summed E-state index contributed by atoms with van der Waals surface area (Å²) in [5, 5.41) is 64.2. The predicted octanol–water partition coefficient (Wildman–Crippen LogP) is 0.987. The monoisotopic (exact) mass is 1090 g/mol. The van der Waals surface area contributed by atoms with E-state index in [2.05, 4.69) is 37.2 Å². The van der Waals surface area contributed by atoms with Crippen LogP contribution in [-0.2, 0) is 47.4 Å². The number of aliphatic hydroxyl groups is 4. The minimum atomic E-state index is -1.90. The SMILES string of the molecule is CC(C)(C)OC(=O)NCC[C@H](O)C(=O)N[C@@H]1C[C@H](NC(=O)OC(C)(C)C)C(O[C@@H]2OC(CNC(=O)OC(C)(C)C)CCC2NC(=O)OC(C)(C)C)C(NCCN)[C@@H]1O[C@@H]1OC(CO)[C@H](O)[C@H](NC(=O)OC(C)(C)C)C1O. The number of rotatable bonds is 18. The van der Waals surface area contributed by atoms with E-state index < -0.39 is 157 Å². The highest BCUT2D eigenvalue weighted by Crippen LogP contribution is 2.34. The van der Waals surface area contributed by atoms with Crippen LogP contribution in [0.3, 0.4) is 0 Å². The molecule has 0 spiro atoms. The van der Waals surface area contributed by atoms with E-state index in [9.17, 15) is 49.2 Å². The van der Waals surface area contributed by atoms with Gasteiger partial charge in [-0.1, -0.05) is 0 Å². The molecular weight excluding hydrogens is 1000 g/mol. The van der Waals surface area contributed by atoms with Crippen molar-refractivity contribution < 1.29 is 91.8 Å². The largest absolute Gasteiger partial charge is 0.444 e. The van der Waals surface area contributed by atoms with Crippen LogP contribution >= 0.6 is 0 Å². The Balaban J connectivity index is 2.22. The van der Waals surface area contributed by atoms with Crippen LogP contribution in [0, 0.1) is 0 Å². The fourth-order valence-electron chi connectivity index (χ4n) is 8.21. The van der Waals surface area contributed by atoms with Gasteiger partial charge in [-0.05, 0) is 130 Å². The van der Waals surface area contributed by atoms with E-state index in [0.717, 1.165) is 0 Å². The van der Waals surface area contributed by atoms with Crippen molar-refractivity contribution in [3.63, 3.8) is 0 Å². The molecule has 76 heavy (non-hydrogen) atoms. The van der Waals surface area contributed by atoms with Gasteiger partial charge in [-0.2, -0.15) is 0 Å². The van der Waals surface area contributed by atoms with Gasteiger partial charge in [-0.3, -0.25) is 4.79 Å². The number of hydrogen-bond donors (Lipinski definition) is 12. The first-order valence-corrected chi connectivity index (χ1v) is 25.8. The third kappa shape index (κ3) is 23.2. The Morgan fingerprint density at radius 3 is 1.53 bits per heavy atom. The second-order valence-corrected chi connectivity index (χ2v) is 24.0. The van der Waals surface area contributed by atoms with Crippen molar-refractivity contribution in [1.29, 1.82) is 0 Å². The Bertz CT molecular complexity index is 1900. The average molecular weight is 1100 g/mol. The molecule has 0 bridgehead atoms. The quantitative estimate of drug-likeness (QED) is 0.0851. The Morgan fingerprint density at radius 2 is 1.03 bits per heavy atom. The Labute approximate surface area is 446 Å². The molecule has 14 atom stereocenters. The van der Waals surface area contributed by atoms with Gasteiger partial charge >= 0.3 is 30.5 Å². The Hall–Kier alpha value is -4.58. The average Bonchev–Trinajstić information content (AvgIpc) is 3.23. The maximum absolute atomic E-state index is 14.1. The number of carbonyl (C=O) groups is 6. The topological polar surface area (TPSA) is 377 Å². The Morgan fingerprint density at radius 1 is 0.566 bits per heavy atom. The maximum atomic E-state index is 14.1. The minimum absolute atomic E-state index is 0.00555. The van der Waals surface area contributed by atoms with Crippen molar-refractivity contribution in [2.24, 2.45) is 5.73 Å². The van der Waals surface area contributed by atoms with Gasteiger partial charge in [0.05, 0.1) is 55.1 Å². The summed E-state index contributed by atoms with van der Waals surface area (Å²) in [6.45, 7) is 23.8. The molecule has 27 nitrogen and oxygen atoms in total. The second kappa shape index (κ2) is 27.8. The van der Waals surface area contributed by atoms with Crippen LogP contribution in [0.15, 0.2) is 0 Å². The van der Waals surface area contributed by atoms with Gasteiger partial charge in [-0.15, -0.1) is 0 Å². The van der Waals surface area contributed by atoms with Crippen molar-refractivity contribution in [2.45, 2.75) is 243 Å². The third-order valence-electron chi connectivity index (χ3n) is 11.1. The lowest BCUT2D eigenvalue weighted by Gasteiger charge is -2.51. The van der Waals surface area contributed by atoms with Gasteiger partial charge in [0.15, 0.2) is 12.6 Å². The van der Waals surface area contributed by atoms with Crippen molar-refractivity contribution in [3.05, 3.63) is 0 Å². The van der Waals surface area contributed by atoms with Crippen molar-refractivity contribution >= 4 is 36.4 Å². The number of ether oxygens (including phenoxy) is 9. The number of aliphatic hydroxyl groups excluding tert-OH is 4. The lowest BCUT2D eigenvalue weighted by molar-refractivity contribution is -0.306. The van der Waals surface area contributed by atoms with Crippen LogP contribution in [0.4, 0.5) is 24.0 Å². The molecule has 0 aromatic carbocycles. The van der Waals surface area contributed by atoms with Crippen LogP contribution in [0.5, 0.6) is 0 Å². The van der Waals surface area contributed by atoms with E-state index in [1.54, 1.807) is 104 Å². The Kier molecular flexibility index (Phi) is 24.1. The molecule has 6 unspecified atom stereocenters. The molecule has 1 saturated carbocycles. The van der Waals surface area contributed by atoms with Gasteiger partial charge in [-0.25, -0.2) is 24.0 Å². The van der Waals surface area contributed by atoms with Crippen molar-refractivity contribution in [3.8, 4) is 0 Å². The molecule has 0 aromatic rings. The zero-order chi connectivity index (χ0) is 57.7. The first kappa shape index (κ1) is 65.7. The van der Waals surface area contributed by atoms with Gasteiger partial charge in [0, 0.05) is 26.2 Å². The summed E-state index contributed by atoms with van der Waals surface area (Å²) in [5.74, 6) is -0.964.